The molecule has 1 amide bonds. The van der Waals surface area contributed by atoms with E-state index in [9.17, 15) is 13.2 Å². The molecular weight excluding hydrogens is 478 g/mol. The molecule has 1 N–H and O–H groups in total. The second-order valence-corrected chi connectivity index (χ2v) is 10.1. The zero-order valence-electron chi connectivity index (χ0n) is 20.8. The molecule has 0 saturated carbocycles. The second kappa shape index (κ2) is 12.2. The minimum absolute atomic E-state index is 0.0477. The van der Waals surface area contributed by atoms with E-state index in [1.807, 2.05) is 52.0 Å². The number of nitrogens with zero attached hydrogens (tertiary/aromatic N) is 2. The summed E-state index contributed by atoms with van der Waals surface area (Å²) in [5, 5.41) is 3.98. The van der Waals surface area contributed by atoms with Crippen molar-refractivity contribution in [3.63, 3.8) is 0 Å². The third-order valence-electron chi connectivity index (χ3n) is 4.99. The fourth-order valence-electron chi connectivity index (χ4n) is 3.28. The van der Waals surface area contributed by atoms with Gasteiger partial charge in [0.05, 0.1) is 29.5 Å². The van der Waals surface area contributed by atoms with Gasteiger partial charge in [0.15, 0.2) is 0 Å². The first-order valence-electron chi connectivity index (χ1n) is 11.6. The smallest absolute Gasteiger partial charge is 0.264 e. The molecule has 0 heterocycles. The molecular formula is C27H31N3O5S. The number of aryl methyl sites for hydroxylation is 1. The minimum Gasteiger partial charge on any atom is -0.494 e. The summed E-state index contributed by atoms with van der Waals surface area (Å²) >= 11 is 0. The summed E-state index contributed by atoms with van der Waals surface area (Å²) in [6, 6.07) is 20.3. The monoisotopic (exact) mass is 509 g/mol. The van der Waals surface area contributed by atoms with Crippen molar-refractivity contribution in [2.75, 3.05) is 17.5 Å². The first-order valence-corrected chi connectivity index (χ1v) is 13.0. The van der Waals surface area contributed by atoms with Crippen molar-refractivity contribution < 1.29 is 22.7 Å². The van der Waals surface area contributed by atoms with Crippen LogP contribution >= 0.6 is 0 Å². The van der Waals surface area contributed by atoms with Crippen molar-refractivity contribution in [3.8, 4) is 11.5 Å². The molecule has 0 unspecified atom stereocenters. The number of nitrogens with one attached hydrogen (secondary N) is 1. The summed E-state index contributed by atoms with van der Waals surface area (Å²) < 4.78 is 39.0. The van der Waals surface area contributed by atoms with Crippen LogP contribution in [-0.2, 0) is 14.8 Å². The van der Waals surface area contributed by atoms with Gasteiger partial charge in [-0.05, 0) is 93.9 Å². The Balaban J connectivity index is 1.76. The Morgan fingerprint density at radius 2 is 1.58 bits per heavy atom. The average molecular weight is 510 g/mol. The highest BCUT2D eigenvalue weighted by molar-refractivity contribution is 7.92. The number of amides is 1. The predicted octanol–water partition coefficient (Wildman–Crippen LogP) is 4.53. The van der Waals surface area contributed by atoms with Crippen LogP contribution < -0.4 is 19.2 Å². The van der Waals surface area contributed by atoms with Gasteiger partial charge in [-0.1, -0.05) is 17.7 Å². The quantitative estimate of drug-likeness (QED) is 0.303. The van der Waals surface area contributed by atoms with Crippen molar-refractivity contribution in [1.29, 1.82) is 0 Å². The third-order valence-corrected chi connectivity index (χ3v) is 6.77. The molecule has 0 bridgehead atoms. The van der Waals surface area contributed by atoms with E-state index in [4.69, 9.17) is 9.47 Å². The lowest BCUT2D eigenvalue weighted by molar-refractivity contribution is -0.119. The number of rotatable bonds is 11. The highest BCUT2D eigenvalue weighted by Crippen LogP contribution is 2.25. The van der Waals surface area contributed by atoms with E-state index in [2.05, 4.69) is 10.5 Å². The van der Waals surface area contributed by atoms with Crippen LogP contribution in [0.3, 0.4) is 0 Å². The highest BCUT2D eigenvalue weighted by atomic mass is 32.2. The highest BCUT2D eigenvalue weighted by Gasteiger charge is 2.27. The van der Waals surface area contributed by atoms with E-state index >= 15 is 0 Å². The van der Waals surface area contributed by atoms with Crippen LogP contribution in [0.2, 0.25) is 0 Å². The molecule has 3 aromatic rings. The molecule has 8 nitrogen and oxygen atoms in total. The van der Waals surface area contributed by atoms with E-state index < -0.39 is 22.5 Å². The molecule has 0 aliphatic carbocycles. The zero-order chi connectivity index (χ0) is 26.1. The number of carbonyl (C=O) groups is 1. The van der Waals surface area contributed by atoms with Gasteiger partial charge in [-0.3, -0.25) is 9.10 Å². The topological polar surface area (TPSA) is 97.3 Å². The number of anilines is 1. The predicted molar refractivity (Wildman–Crippen MR) is 141 cm³/mol. The Bertz CT molecular complexity index is 1270. The van der Waals surface area contributed by atoms with Crippen LogP contribution in [0.4, 0.5) is 5.69 Å². The van der Waals surface area contributed by atoms with Crippen molar-refractivity contribution in [3.05, 3.63) is 83.9 Å². The first-order chi connectivity index (χ1) is 17.2. The van der Waals surface area contributed by atoms with Gasteiger partial charge < -0.3 is 9.47 Å². The number of hydrazone groups is 1. The molecule has 0 radical (unpaired) electrons. The Hall–Kier alpha value is -3.85. The van der Waals surface area contributed by atoms with Crippen LogP contribution in [0.15, 0.2) is 82.8 Å². The van der Waals surface area contributed by atoms with Crippen LogP contribution in [0.1, 0.15) is 31.9 Å². The van der Waals surface area contributed by atoms with Gasteiger partial charge in [0.1, 0.15) is 18.0 Å². The molecule has 3 rings (SSSR count). The van der Waals surface area contributed by atoms with E-state index in [1.165, 1.54) is 18.3 Å². The molecule has 0 aromatic heterocycles. The third kappa shape index (κ3) is 7.32. The Morgan fingerprint density at radius 1 is 0.972 bits per heavy atom. The average Bonchev–Trinajstić information content (AvgIpc) is 2.84. The lowest BCUT2D eigenvalue weighted by atomic mass is 10.2. The maximum absolute atomic E-state index is 13.5. The maximum atomic E-state index is 13.5. The molecule has 3 aromatic carbocycles. The molecule has 0 fully saturated rings. The van der Waals surface area contributed by atoms with Crippen LogP contribution in [0.5, 0.6) is 11.5 Å². The molecule has 190 valence electrons. The number of hydrogen-bond acceptors (Lipinski definition) is 6. The number of carbonyl (C=O) groups excluding carboxylic acids is 1. The van der Waals surface area contributed by atoms with Crippen LogP contribution in [0, 0.1) is 6.92 Å². The molecule has 0 aliphatic rings. The minimum atomic E-state index is -4.03. The van der Waals surface area contributed by atoms with Gasteiger partial charge in [0.2, 0.25) is 0 Å². The van der Waals surface area contributed by atoms with Crippen molar-refractivity contribution in [1.82, 2.24) is 5.43 Å². The van der Waals surface area contributed by atoms with E-state index in [1.54, 1.807) is 36.4 Å². The van der Waals surface area contributed by atoms with Crippen molar-refractivity contribution in [2.45, 2.75) is 38.7 Å². The van der Waals surface area contributed by atoms with E-state index in [-0.39, 0.29) is 11.0 Å². The van der Waals surface area contributed by atoms with Gasteiger partial charge in [0, 0.05) is 0 Å². The number of sulfonamides is 1. The first kappa shape index (κ1) is 26.7. The summed E-state index contributed by atoms with van der Waals surface area (Å²) in [4.78, 5) is 12.8. The molecule has 0 spiro atoms. The lowest BCUT2D eigenvalue weighted by Crippen LogP contribution is -2.39. The van der Waals surface area contributed by atoms with Gasteiger partial charge in [-0.15, -0.1) is 0 Å². The van der Waals surface area contributed by atoms with Crippen LogP contribution in [-0.4, -0.2) is 39.8 Å². The summed E-state index contributed by atoms with van der Waals surface area (Å²) in [7, 11) is -4.03. The number of ether oxygens (including phenoxy) is 2. The van der Waals surface area contributed by atoms with Crippen molar-refractivity contribution in [2.24, 2.45) is 5.10 Å². The Kier molecular flexibility index (Phi) is 9.08. The zero-order valence-corrected chi connectivity index (χ0v) is 21.7. The number of hydrogen-bond donors (Lipinski definition) is 1. The fourth-order valence-corrected chi connectivity index (χ4v) is 4.70. The van der Waals surface area contributed by atoms with Gasteiger partial charge in [0.25, 0.3) is 15.9 Å². The number of benzene rings is 3. The van der Waals surface area contributed by atoms with Gasteiger partial charge in [-0.25, -0.2) is 13.8 Å². The fraction of sp³-hybridized carbons (Fsp3) is 0.259. The largest absolute Gasteiger partial charge is 0.494 e. The standard InChI is InChI=1S/C27H31N3O5S/c1-5-34-24-14-16-26(17-15-24)36(32,33)30(23-10-6-21(4)7-11-23)19-27(31)29-28-18-22-8-12-25(13-9-22)35-20(2)3/h6-18,20H,5,19H2,1-4H3,(H,29,31)/b28-18-. The normalized spacial score (nSPS) is 11.5. The molecule has 36 heavy (non-hydrogen) atoms. The lowest BCUT2D eigenvalue weighted by Gasteiger charge is -2.24. The van der Waals surface area contributed by atoms with Gasteiger partial charge >= 0.3 is 0 Å². The van der Waals surface area contributed by atoms with E-state index in [0.29, 0.717) is 18.0 Å². The van der Waals surface area contributed by atoms with Crippen molar-refractivity contribution >= 4 is 27.8 Å². The Morgan fingerprint density at radius 3 is 2.17 bits per heavy atom. The van der Waals surface area contributed by atoms with Gasteiger partial charge in [-0.2, -0.15) is 5.10 Å². The molecule has 0 aliphatic heterocycles. The molecule has 0 saturated heterocycles. The second-order valence-electron chi connectivity index (χ2n) is 8.28. The summed E-state index contributed by atoms with van der Waals surface area (Å²) in [6.45, 7) is 7.66. The summed E-state index contributed by atoms with van der Waals surface area (Å²) in [5.41, 5.74) is 4.50. The Labute approximate surface area is 212 Å². The van der Waals surface area contributed by atoms with Crippen LogP contribution in [0.25, 0.3) is 0 Å². The summed E-state index contributed by atoms with van der Waals surface area (Å²) in [5.74, 6) is 0.717. The molecule has 9 heteroatoms. The summed E-state index contributed by atoms with van der Waals surface area (Å²) in [6.07, 6.45) is 1.55. The maximum Gasteiger partial charge on any atom is 0.264 e. The SMILES string of the molecule is CCOc1ccc(S(=O)(=O)N(CC(=O)N/N=C\c2ccc(OC(C)C)cc2)c2ccc(C)cc2)cc1. The molecule has 0 atom stereocenters. The van der Waals surface area contributed by atoms with E-state index in [0.717, 1.165) is 21.2 Å².